The van der Waals surface area contributed by atoms with Crippen LogP contribution in [0.2, 0.25) is 4.34 Å². The molecule has 19 heavy (non-hydrogen) atoms. The van der Waals surface area contributed by atoms with Crippen LogP contribution in [0.3, 0.4) is 0 Å². The molecule has 1 aliphatic carbocycles. The zero-order chi connectivity index (χ0) is 13.2. The van der Waals surface area contributed by atoms with Crippen LogP contribution in [-0.4, -0.2) is 6.54 Å². The summed E-state index contributed by atoms with van der Waals surface area (Å²) in [6.45, 7) is 3.18. The van der Waals surface area contributed by atoms with Gasteiger partial charge in [-0.15, -0.1) is 22.7 Å². The molecule has 3 rings (SSSR count). The van der Waals surface area contributed by atoms with Crippen molar-refractivity contribution in [2.75, 3.05) is 6.54 Å². The third kappa shape index (κ3) is 2.75. The predicted octanol–water partition coefficient (Wildman–Crippen LogP) is 5.23. The van der Waals surface area contributed by atoms with Crippen molar-refractivity contribution in [1.82, 2.24) is 5.32 Å². The molecule has 0 radical (unpaired) electrons. The molecule has 0 bridgehead atoms. The third-order valence-corrected chi connectivity index (χ3v) is 6.14. The van der Waals surface area contributed by atoms with E-state index >= 15 is 0 Å². The van der Waals surface area contributed by atoms with Gasteiger partial charge in [0.1, 0.15) is 0 Å². The van der Waals surface area contributed by atoms with Gasteiger partial charge in [0.15, 0.2) is 0 Å². The Morgan fingerprint density at radius 1 is 1.42 bits per heavy atom. The fourth-order valence-corrected chi connectivity index (χ4v) is 5.22. The zero-order valence-corrected chi connectivity index (χ0v) is 13.4. The van der Waals surface area contributed by atoms with E-state index in [0.29, 0.717) is 12.0 Å². The molecule has 2 aromatic heterocycles. The van der Waals surface area contributed by atoms with Gasteiger partial charge in [-0.05, 0) is 54.9 Å². The largest absolute Gasteiger partial charge is 0.309 e. The van der Waals surface area contributed by atoms with E-state index in [1.165, 1.54) is 24.1 Å². The first kappa shape index (κ1) is 13.6. The Hall–Kier alpha value is -0.350. The molecule has 4 heteroatoms. The van der Waals surface area contributed by atoms with Crippen LogP contribution in [0.5, 0.6) is 0 Å². The smallest absolute Gasteiger partial charge is 0.0931 e. The Bertz CT molecular complexity index is 546. The van der Waals surface area contributed by atoms with E-state index in [4.69, 9.17) is 11.6 Å². The Balaban J connectivity index is 1.93. The van der Waals surface area contributed by atoms with E-state index in [1.54, 1.807) is 21.8 Å². The molecule has 2 aromatic rings. The van der Waals surface area contributed by atoms with E-state index in [9.17, 15) is 0 Å². The number of halogens is 1. The first-order valence-corrected chi connectivity index (χ1v) is 8.92. The molecular weight excluding hydrogens is 294 g/mol. The van der Waals surface area contributed by atoms with E-state index < -0.39 is 0 Å². The minimum absolute atomic E-state index is 0.413. The molecule has 2 atom stereocenters. The topological polar surface area (TPSA) is 12.0 Å². The second kappa shape index (κ2) is 5.96. The van der Waals surface area contributed by atoms with Gasteiger partial charge < -0.3 is 5.32 Å². The molecule has 2 unspecified atom stereocenters. The Labute approximate surface area is 127 Å². The van der Waals surface area contributed by atoms with Crippen molar-refractivity contribution in [3.05, 3.63) is 43.2 Å². The number of hydrogen-bond donors (Lipinski definition) is 1. The molecule has 0 fully saturated rings. The number of likely N-dealkylation sites (N-methyl/N-ethyl adjacent to an activating group) is 1. The third-order valence-electron chi connectivity index (χ3n) is 3.83. The lowest BCUT2D eigenvalue weighted by Crippen LogP contribution is -2.28. The van der Waals surface area contributed by atoms with E-state index in [2.05, 4.69) is 29.8 Å². The summed E-state index contributed by atoms with van der Waals surface area (Å²) < 4.78 is 0.888. The van der Waals surface area contributed by atoms with Gasteiger partial charge in [-0.25, -0.2) is 0 Å². The van der Waals surface area contributed by atoms with Crippen molar-refractivity contribution in [2.24, 2.45) is 0 Å². The molecule has 0 spiro atoms. The van der Waals surface area contributed by atoms with Gasteiger partial charge in [0.05, 0.1) is 4.34 Å². The monoisotopic (exact) mass is 311 g/mol. The molecule has 0 saturated carbocycles. The van der Waals surface area contributed by atoms with Crippen LogP contribution < -0.4 is 5.32 Å². The SMILES string of the molecule is CCNC(c1ccc(Cl)s1)C1CCCc2sccc21. The van der Waals surface area contributed by atoms with Gasteiger partial charge in [0.2, 0.25) is 0 Å². The zero-order valence-electron chi connectivity index (χ0n) is 11.0. The first-order chi connectivity index (χ1) is 9.29. The summed E-state index contributed by atoms with van der Waals surface area (Å²) in [4.78, 5) is 2.96. The van der Waals surface area contributed by atoms with Gasteiger partial charge >= 0.3 is 0 Å². The molecule has 0 aromatic carbocycles. The van der Waals surface area contributed by atoms with Crippen LogP contribution in [0.4, 0.5) is 0 Å². The summed E-state index contributed by atoms with van der Waals surface area (Å²) in [6.07, 6.45) is 3.84. The quantitative estimate of drug-likeness (QED) is 0.815. The van der Waals surface area contributed by atoms with Crippen molar-refractivity contribution in [3.63, 3.8) is 0 Å². The highest BCUT2D eigenvalue weighted by Gasteiger charge is 2.30. The number of hydrogen-bond acceptors (Lipinski definition) is 3. The molecule has 0 saturated heterocycles. The molecule has 1 aliphatic rings. The minimum Gasteiger partial charge on any atom is -0.309 e. The lowest BCUT2D eigenvalue weighted by Gasteiger charge is -2.30. The summed E-state index contributed by atoms with van der Waals surface area (Å²) >= 11 is 9.74. The van der Waals surface area contributed by atoms with Gasteiger partial charge in [-0.3, -0.25) is 0 Å². The van der Waals surface area contributed by atoms with Crippen molar-refractivity contribution in [3.8, 4) is 0 Å². The maximum absolute atomic E-state index is 6.12. The van der Waals surface area contributed by atoms with Crippen molar-refractivity contribution in [2.45, 2.75) is 38.1 Å². The first-order valence-electron chi connectivity index (χ1n) is 6.84. The molecule has 2 heterocycles. The van der Waals surface area contributed by atoms with Gasteiger partial charge in [-0.1, -0.05) is 18.5 Å². The van der Waals surface area contributed by atoms with Crippen molar-refractivity contribution < 1.29 is 0 Å². The lowest BCUT2D eigenvalue weighted by molar-refractivity contribution is 0.416. The number of aryl methyl sites for hydroxylation is 1. The van der Waals surface area contributed by atoms with Gasteiger partial charge in [-0.2, -0.15) is 0 Å². The molecule has 1 nitrogen and oxygen atoms in total. The van der Waals surface area contributed by atoms with E-state index in [-0.39, 0.29) is 0 Å². The molecule has 1 N–H and O–H groups in total. The number of nitrogens with one attached hydrogen (secondary N) is 1. The van der Waals surface area contributed by atoms with E-state index in [1.807, 2.05) is 17.4 Å². The standard InChI is InChI=1S/C15H18ClNS2/c1-2-17-15(13-6-7-14(16)19-13)11-4-3-5-12-10(11)8-9-18-12/h6-9,11,15,17H,2-5H2,1H3. The summed E-state index contributed by atoms with van der Waals surface area (Å²) in [5, 5.41) is 5.91. The van der Waals surface area contributed by atoms with Gasteiger partial charge in [0, 0.05) is 21.7 Å². The second-order valence-electron chi connectivity index (χ2n) is 4.98. The average Bonchev–Trinajstić information content (AvgIpc) is 3.04. The van der Waals surface area contributed by atoms with Crippen LogP contribution in [0, 0.1) is 0 Å². The number of fused-ring (bicyclic) bond motifs is 1. The second-order valence-corrected chi connectivity index (χ2v) is 7.72. The summed E-state index contributed by atoms with van der Waals surface area (Å²) in [5.41, 5.74) is 1.56. The van der Waals surface area contributed by atoms with Crippen LogP contribution in [-0.2, 0) is 6.42 Å². The fourth-order valence-electron chi connectivity index (χ4n) is 3.02. The highest BCUT2D eigenvalue weighted by molar-refractivity contribution is 7.16. The number of thiophene rings is 2. The normalized spacial score (nSPS) is 20.2. The van der Waals surface area contributed by atoms with Crippen LogP contribution in [0.25, 0.3) is 0 Å². The molecule has 102 valence electrons. The van der Waals surface area contributed by atoms with E-state index in [0.717, 1.165) is 10.9 Å². The van der Waals surface area contributed by atoms with Crippen LogP contribution >= 0.6 is 34.3 Å². The highest BCUT2D eigenvalue weighted by Crippen LogP contribution is 2.44. The Morgan fingerprint density at radius 3 is 3.05 bits per heavy atom. The Morgan fingerprint density at radius 2 is 2.32 bits per heavy atom. The predicted molar refractivity (Wildman–Crippen MR) is 85.7 cm³/mol. The maximum Gasteiger partial charge on any atom is 0.0931 e. The van der Waals surface area contributed by atoms with Gasteiger partial charge in [0.25, 0.3) is 0 Å². The fraction of sp³-hybridized carbons (Fsp3) is 0.467. The van der Waals surface area contributed by atoms with Crippen molar-refractivity contribution in [1.29, 1.82) is 0 Å². The summed E-state index contributed by atoms with van der Waals surface area (Å²) in [5.74, 6) is 0.602. The van der Waals surface area contributed by atoms with Crippen LogP contribution in [0.1, 0.15) is 47.0 Å². The number of rotatable bonds is 4. The molecular formula is C15H18ClNS2. The minimum atomic E-state index is 0.413. The van der Waals surface area contributed by atoms with Crippen LogP contribution in [0.15, 0.2) is 23.6 Å². The summed E-state index contributed by atoms with van der Waals surface area (Å²) in [7, 11) is 0. The highest BCUT2D eigenvalue weighted by atomic mass is 35.5. The average molecular weight is 312 g/mol. The molecule has 0 aliphatic heterocycles. The molecule has 0 amide bonds. The Kier molecular flexibility index (Phi) is 4.27. The summed E-state index contributed by atoms with van der Waals surface area (Å²) in [6, 6.07) is 6.93. The lowest BCUT2D eigenvalue weighted by atomic mass is 9.82. The maximum atomic E-state index is 6.12. The van der Waals surface area contributed by atoms with Crippen molar-refractivity contribution >= 4 is 34.3 Å².